The van der Waals surface area contributed by atoms with E-state index in [2.05, 4.69) is 130 Å². The third-order valence-corrected chi connectivity index (χ3v) is 6.70. The number of para-hydroxylation sites is 2. The van der Waals surface area contributed by atoms with Gasteiger partial charge >= 0.3 is 0 Å². The zero-order valence-corrected chi connectivity index (χ0v) is 21.9. The summed E-state index contributed by atoms with van der Waals surface area (Å²) in [5.41, 5.74) is 7.96. The van der Waals surface area contributed by atoms with Gasteiger partial charge in [0.15, 0.2) is 0 Å². The maximum Gasteiger partial charge on any atom is 0.138 e. The van der Waals surface area contributed by atoms with E-state index in [1.54, 1.807) is 0 Å². The molecule has 0 fully saturated rings. The normalized spacial score (nSPS) is 14.4. The fourth-order valence-corrected chi connectivity index (χ4v) is 4.72. The van der Waals surface area contributed by atoms with Crippen molar-refractivity contribution in [1.82, 2.24) is 4.90 Å². The van der Waals surface area contributed by atoms with Crippen LogP contribution in [0.3, 0.4) is 0 Å². The first kappa shape index (κ1) is 25.8. The first-order valence-corrected chi connectivity index (χ1v) is 12.9. The molecule has 0 bridgehead atoms. The molecule has 2 nitrogen and oxygen atoms in total. The minimum atomic E-state index is 0.0518. The van der Waals surface area contributed by atoms with Gasteiger partial charge in [0.1, 0.15) is 11.4 Å². The maximum absolute atomic E-state index is 2.46. The van der Waals surface area contributed by atoms with Crippen LogP contribution in [0.2, 0.25) is 0 Å². The minimum absolute atomic E-state index is 0.0518. The average Bonchev–Trinajstić information content (AvgIpc) is 2.82. The van der Waals surface area contributed by atoms with E-state index in [0.717, 1.165) is 13.0 Å². The zero-order chi connectivity index (χ0) is 24.4. The highest BCUT2D eigenvalue weighted by molar-refractivity contribution is 5.47. The van der Waals surface area contributed by atoms with Gasteiger partial charge in [0, 0.05) is 23.5 Å². The highest BCUT2D eigenvalue weighted by atomic mass is 15.1. The van der Waals surface area contributed by atoms with Gasteiger partial charge in [0.25, 0.3) is 0 Å². The fourth-order valence-electron chi connectivity index (χ4n) is 4.72. The molecule has 0 radical (unpaired) electrons. The summed E-state index contributed by atoms with van der Waals surface area (Å²) < 4.78 is 0. The fraction of sp³-hybridized carbons (Fsp3) is 0.375. The molecule has 3 rings (SSSR count). The predicted octanol–water partition coefficient (Wildman–Crippen LogP) is 8.07. The molecule has 0 aliphatic carbocycles. The van der Waals surface area contributed by atoms with Crippen molar-refractivity contribution in [2.45, 2.75) is 72.1 Å². The average molecular weight is 456 g/mol. The first-order chi connectivity index (χ1) is 16.4. The summed E-state index contributed by atoms with van der Waals surface area (Å²) in [6, 6.07) is 19.4. The largest absolute Gasteiger partial charge is 0.349 e. The summed E-state index contributed by atoms with van der Waals surface area (Å²) in [7, 11) is 0. The molecule has 0 aromatic heterocycles. The number of rotatable bonds is 11. The Morgan fingerprint density at radius 2 is 1.53 bits per heavy atom. The highest BCUT2D eigenvalue weighted by Crippen LogP contribution is 2.32. The monoisotopic (exact) mass is 455 g/mol. The number of hydrogen-bond donors (Lipinski definition) is 1. The lowest BCUT2D eigenvalue weighted by atomic mass is 9.80. The van der Waals surface area contributed by atoms with Crippen molar-refractivity contribution in [2.24, 2.45) is 0 Å². The molecule has 2 aromatic carbocycles. The molecule has 0 atom stereocenters. The lowest BCUT2D eigenvalue weighted by Crippen LogP contribution is -2.71. The Kier molecular flexibility index (Phi) is 9.53. The summed E-state index contributed by atoms with van der Waals surface area (Å²) in [5, 5.41) is 2.29. The van der Waals surface area contributed by atoms with Crippen molar-refractivity contribution in [2.75, 3.05) is 6.54 Å². The molecule has 2 heteroatoms. The van der Waals surface area contributed by atoms with E-state index in [9.17, 15) is 0 Å². The second kappa shape index (κ2) is 12.6. The van der Waals surface area contributed by atoms with Gasteiger partial charge in [-0.15, -0.1) is 0 Å². The van der Waals surface area contributed by atoms with Gasteiger partial charge in [-0.3, -0.25) is 5.32 Å². The number of nitrogens with zero attached hydrogens (tertiary/aromatic N) is 1. The Morgan fingerprint density at radius 1 is 0.853 bits per heavy atom. The highest BCUT2D eigenvalue weighted by Gasteiger charge is 2.24. The van der Waals surface area contributed by atoms with Crippen LogP contribution in [0.25, 0.3) is 0 Å². The van der Waals surface area contributed by atoms with Crippen LogP contribution in [-0.2, 0) is 5.41 Å². The van der Waals surface area contributed by atoms with Gasteiger partial charge in [-0.25, -0.2) is 0 Å². The first-order valence-electron chi connectivity index (χ1n) is 12.9. The molecule has 1 aliphatic heterocycles. The maximum atomic E-state index is 2.46. The van der Waals surface area contributed by atoms with Crippen molar-refractivity contribution in [3.63, 3.8) is 0 Å². The lowest BCUT2D eigenvalue weighted by molar-refractivity contribution is -0.479. The van der Waals surface area contributed by atoms with E-state index < -0.39 is 0 Å². The van der Waals surface area contributed by atoms with Crippen molar-refractivity contribution < 1.29 is 5.32 Å². The molecule has 1 heterocycles. The van der Waals surface area contributed by atoms with E-state index >= 15 is 0 Å². The van der Waals surface area contributed by atoms with Gasteiger partial charge in [0.05, 0.1) is 0 Å². The quantitative estimate of drug-likeness (QED) is 0.268. The topological polar surface area (TPSA) is 19.9 Å². The van der Waals surface area contributed by atoms with Gasteiger partial charge in [0.2, 0.25) is 0 Å². The Labute approximate surface area is 207 Å². The van der Waals surface area contributed by atoms with Gasteiger partial charge in [-0.05, 0) is 68.0 Å². The second-order valence-corrected chi connectivity index (χ2v) is 10.1. The number of unbranched alkanes of at least 4 members (excludes halogenated alkanes) is 3. The Balaban J connectivity index is 1.64. The summed E-state index contributed by atoms with van der Waals surface area (Å²) in [5.74, 6) is 0. The third-order valence-electron chi connectivity index (χ3n) is 6.70. The van der Waals surface area contributed by atoms with Gasteiger partial charge in [-0.1, -0.05) is 94.7 Å². The van der Waals surface area contributed by atoms with Crippen molar-refractivity contribution in [1.29, 1.82) is 0 Å². The van der Waals surface area contributed by atoms with Crippen LogP contribution >= 0.6 is 0 Å². The van der Waals surface area contributed by atoms with Gasteiger partial charge < -0.3 is 4.90 Å². The van der Waals surface area contributed by atoms with E-state index in [1.165, 1.54) is 59.6 Å². The molecule has 2 N–H and O–H groups in total. The number of nitrogens with two attached hydrogens (primary N) is 1. The molecule has 0 amide bonds. The SMILES string of the molecule is CCCCCCN1C(C)=CC(=C/C=C/CC(C)(C)c2ccccc2[NH2+]c2ccccc2)C=C1C. The molecule has 180 valence electrons. The van der Waals surface area contributed by atoms with Crippen LogP contribution in [-0.4, -0.2) is 11.4 Å². The van der Waals surface area contributed by atoms with E-state index in [1.807, 2.05) is 0 Å². The second-order valence-electron chi connectivity index (χ2n) is 10.1. The zero-order valence-electron chi connectivity index (χ0n) is 21.9. The summed E-state index contributed by atoms with van der Waals surface area (Å²) in [6.45, 7) is 12.5. The van der Waals surface area contributed by atoms with Gasteiger partial charge in [-0.2, -0.15) is 0 Å². The van der Waals surface area contributed by atoms with E-state index in [4.69, 9.17) is 0 Å². The van der Waals surface area contributed by atoms with Crippen LogP contribution in [0.4, 0.5) is 11.4 Å². The number of quaternary nitrogens is 1. The molecular formula is C32H43N2+. The third kappa shape index (κ3) is 7.33. The molecular weight excluding hydrogens is 412 g/mol. The van der Waals surface area contributed by atoms with Crippen molar-refractivity contribution >= 4 is 11.4 Å². The number of benzene rings is 2. The number of hydrogen-bond acceptors (Lipinski definition) is 1. The van der Waals surface area contributed by atoms with Crippen LogP contribution in [0, 0.1) is 0 Å². The Morgan fingerprint density at radius 3 is 2.24 bits per heavy atom. The molecule has 0 saturated heterocycles. The minimum Gasteiger partial charge on any atom is -0.349 e. The molecule has 0 saturated carbocycles. The summed E-state index contributed by atoms with van der Waals surface area (Å²) in [6.07, 6.45) is 17.6. The van der Waals surface area contributed by atoms with Crippen LogP contribution in [0.15, 0.2) is 102 Å². The van der Waals surface area contributed by atoms with Crippen LogP contribution in [0.5, 0.6) is 0 Å². The lowest BCUT2D eigenvalue weighted by Gasteiger charge is -2.29. The smallest absolute Gasteiger partial charge is 0.138 e. The molecule has 0 unspecified atom stereocenters. The summed E-state index contributed by atoms with van der Waals surface area (Å²) >= 11 is 0. The summed E-state index contributed by atoms with van der Waals surface area (Å²) in [4.78, 5) is 2.46. The van der Waals surface area contributed by atoms with Crippen molar-refractivity contribution in [3.8, 4) is 0 Å². The molecule has 1 aliphatic rings. The van der Waals surface area contributed by atoms with Crippen LogP contribution in [0.1, 0.15) is 72.3 Å². The molecule has 0 spiro atoms. The number of allylic oxidation sites excluding steroid dienone is 8. The Hall–Kier alpha value is -2.84. The van der Waals surface area contributed by atoms with Crippen molar-refractivity contribution in [3.05, 3.63) is 108 Å². The molecule has 34 heavy (non-hydrogen) atoms. The van der Waals surface area contributed by atoms with E-state index in [0.29, 0.717) is 0 Å². The van der Waals surface area contributed by atoms with Crippen LogP contribution < -0.4 is 5.32 Å². The Bertz CT molecular complexity index is 1020. The molecule has 2 aromatic rings. The predicted molar refractivity (Wildman–Crippen MR) is 147 cm³/mol. The van der Waals surface area contributed by atoms with E-state index in [-0.39, 0.29) is 5.41 Å². The standard InChI is InChI=1S/C32H42N2/c1-6-7-8-16-23-34-26(2)24-28(25-27(34)3)17-14-15-22-32(4,5)30-20-12-13-21-31(30)33-29-18-10-9-11-19-29/h9-15,17-21,24-25,33H,6-8,16,22-23H2,1-5H3/p+1/b15-14+.